The molecule has 1 aromatic rings. The third-order valence-corrected chi connectivity index (χ3v) is 4.21. The number of amides is 1. The van der Waals surface area contributed by atoms with Gasteiger partial charge in [-0.15, -0.1) is 0 Å². The number of ether oxygens (including phenoxy) is 2. The van der Waals surface area contributed by atoms with Gasteiger partial charge in [-0.05, 0) is 37.7 Å². The third-order valence-electron chi connectivity index (χ3n) is 4.21. The van der Waals surface area contributed by atoms with Crippen LogP contribution in [0.15, 0.2) is 18.3 Å². The van der Waals surface area contributed by atoms with Crippen LogP contribution in [0.25, 0.3) is 0 Å². The molecule has 0 spiro atoms. The molecule has 0 saturated heterocycles. The highest BCUT2D eigenvalue weighted by molar-refractivity contribution is 5.97. The normalized spacial score (nSPS) is 24.8. The van der Waals surface area contributed by atoms with E-state index in [9.17, 15) is 4.79 Å². The van der Waals surface area contributed by atoms with E-state index in [1.54, 1.807) is 19.4 Å². The molecule has 1 aromatic heterocycles. The Morgan fingerprint density at radius 2 is 2.32 bits per heavy atom. The van der Waals surface area contributed by atoms with Crippen LogP contribution in [0, 0.1) is 5.92 Å². The van der Waals surface area contributed by atoms with Crippen LogP contribution in [-0.4, -0.2) is 30.2 Å². The number of carbonyl (C=O) groups is 1. The van der Waals surface area contributed by atoms with Gasteiger partial charge in [-0.1, -0.05) is 20.3 Å². The number of anilines is 1. The van der Waals surface area contributed by atoms with E-state index in [0.717, 1.165) is 32.1 Å². The number of hydrogen-bond acceptors (Lipinski definition) is 4. The van der Waals surface area contributed by atoms with Crippen LogP contribution >= 0.6 is 0 Å². The second-order valence-electron chi connectivity index (χ2n) is 6.09. The van der Waals surface area contributed by atoms with Crippen molar-refractivity contribution in [3.8, 4) is 5.88 Å². The lowest BCUT2D eigenvalue weighted by Crippen LogP contribution is -2.47. The Kier molecular flexibility index (Phi) is 5.77. The van der Waals surface area contributed by atoms with Crippen molar-refractivity contribution in [3.63, 3.8) is 0 Å². The maximum absolute atomic E-state index is 12.6. The van der Waals surface area contributed by atoms with Crippen molar-refractivity contribution < 1.29 is 14.3 Å². The van der Waals surface area contributed by atoms with Crippen LogP contribution in [0.1, 0.15) is 46.0 Å². The number of aromatic nitrogens is 1. The molecule has 1 heterocycles. The number of pyridine rings is 1. The zero-order chi connectivity index (χ0) is 16.0. The Balaban J connectivity index is 2.00. The van der Waals surface area contributed by atoms with Crippen molar-refractivity contribution in [2.45, 2.75) is 51.6 Å². The van der Waals surface area contributed by atoms with E-state index in [-0.39, 0.29) is 5.91 Å². The molecule has 0 aromatic carbocycles. The van der Waals surface area contributed by atoms with Gasteiger partial charge >= 0.3 is 0 Å². The lowest BCUT2D eigenvalue weighted by atomic mass is 9.78. The zero-order valence-corrected chi connectivity index (χ0v) is 13.7. The Bertz CT molecular complexity index is 489. The Labute approximate surface area is 132 Å². The summed E-state index contributed by atoms with van der Waals surface area (Å²) >= 11 is 0. The molecule has 2 rings (SSSR count). The van der Waals surface area contributed by atoms with Crippen molar-refractivity contribution in [2.24, 2.45) is 5.92 Å². The fourth-order valence-corrected chi connectivity index (χ4v) is 2.98. The molecule has 0 bridgehead atoms. The molecule has 2 atom stereocenters. The summed E-state index contributed by atoms with van der Waals surface area (Å²) in [6.07, 6.45) is 6.27. The van der Waals surface area contributed by atoms with Crippen LogP contribution < -0.4 is 10.1 Å². The van der Waals surface area contributed by atoms with Gasteiger partial charge in [-0.25, -0.2) is 4.98 Å². The number of nitrogens with one attached hydrogen (secondary N) is 1. The summed E-state index contributed by atoms with van der Waals surface area (Å²) in [5.41, 5.74) is -0.0433. The largest absolute Gasteiger partial charge is 0.478 e. The Morgan fingerprint density at radius 3 is 2.91 bits per heavy atom. The first-order valence-corrected chi connectivity index (χ1v) is 8.05. The highest BCUT2D eigenvalue weighted by Crippen LogP contribution is 2.35. The van der Waals surface area contributed by atoms with Crippen molar-refractivity contribution in [1.29, 1.82) is 0 Å². The van der Waals surface area contributed by atoms with Gasteiger partial charge in [0.15, 0.2) is 0 Å². The lowest BCUT2D eigenvalue weighted by Gasteiger charge is -2.37. The topological polar surface area (TPSA) is 60.5 Å². The second kappa shape index (κ2) is 7.58. The van der Waals surface area contributed by atoms with Crippen molar-refractivity contribution in [2.75, 3.05) is 19.0 Å². The first kappa shape index (κ1) is 16.7. The molecule has 0 unspecified atom stereocenters. The third kappa shape index (κ3) is 3.97. The predicted octanol–water partition coefficient (Wildman–Crippen LogP) is 3.40. The van der Waals surface area contributed by atoms with E-state index in [0.29, 0.717) is 24.1 Å². The van der Waals surface area contributed by atoms with Crippen molar-refractivity contribution >= 4 is 11.6 Å². The molecule has 5 nitrogen and oxygen atoms in total. The molecule has 1 aliphatic carbocycles. The average molecular weight is 306 g/mol. The van der Waals surface area contributed by atoms with Crippen LogP contribution in [0.3, 0.4) is 0 Å². The van der Waals surface area contributed by atoms with E-state index in [1.165, 1.54) is 0 Å². The van der Waals surface area contributed by atoms with Crippen LogP contribution in [0.2, 0.25) is 0 Å². The fourth-order valence-electron chi connectivity index (χ4n) is 2.98. The molecule has 1 fully saturated rings. The quantitative estimate of drug-likeness (QED) is 0.875. The van der Waals surface area contributed by atoms with Crippen LogP contribution in [0.4, 0.5) is 5.69 Å². The monoisotopic (exact) mass is 306 g/mol. The van der Waals surface area contributed by atoms with E-state index < -0.39 is 5.60 Å². The summed E-state index contributed by atoms with van der Waals surface area (Å²) in [7, 11) is 1.62. The predicted molar refractivity (Wildman–Crippen MR) is 86.0 cm³/mol. The summed E-state index contributed by atoms with van der Waals surface area (Å²) in [5.74, 6) is 1.00. The molecular formula is C17H26N2O3. The molecule has 22 heavy (non-hydrogen) atoms. The van der Waals surface area contributed by atoms with E-state index in [4.69, 9.17) is 9.47 Å². The molecule has 1 aliphatic rings. The highest BCUT2D eigenvalue weighted by Gasteiger charge is 2.41. The number of rotatable bonds is 6. The number of hydrogen-bond donors (Lipinski definition) is 1. The first-order chi connectivity index (χ1) is 10.6. The van der Waals surface area contributed by atoms with Gasteiger partial charge in [0.2, 0.25) is 5.88 Å². The summed E-state index contributed by atoms with van der Waals surface area (Å²) in [4.78, 5) is 16.8. The summed E-state index contributed by atoms with van der Waals surface area (Å²) in [6, 6.07) is 3.58. The second-order valence-corrected chi connectivity index (χ2v) is 6.09. The minimum Gasteiger partial charge on any atom is -0.478 e. The van der Waals surface area contributed by atoms with Crippen molar-refractivity contribution in [3.05, 3.63) is 18.3 Å². The van der Waals surface area contributed by atoms with E-state index in [1.807, 2.05) is 13.0 Å². The molecule has 122 valence electrons. The minimum absolute atomic E-state index is 0.0782. The summed E-state index contributed by atoms with van der Waals surface area (Å²) in [5, 5.41) is 2.93. The molecule has 0 aliphatic heterocycles. The molecule has 1 amide bonds. The minimum atomic E-state index is -0.713. The fraction of sp³-hybridized carbons (Fsp3) is 0.647. The smallest absolute Gasteiger partial charge is 0.256 e. The lowest BCUT2D eigenvalue weighted by molar-refractivity contribution is -0.143. The molecular weight excluding hydrogens is 280 g/mol. The van der Waals surface area contributed by atoms with E-state index in [2.05, 4.69) is 17.2 Å². The van der Waals surface area contributed by atoms with E-state index >= 15 is 0 Å². The van der Waals surface area contributed by atoms with Crippen LogP contribution in [-0.2, 0) is 9.53 Å². The van der Waals surface area contributed by atoms with Crippen LogP contribution in [0.5, 0.6) is 5.88 Å². The Morgan fingerprint density at radius 1 is 1.50 bits per heavy atom. The standard InChI is InChI=1S/C17H26N2O3/c1-4-10-22-15-8-7-14(12-18-15)19-16(20)17(21-3)9-5-6-13(2)11-17/h7-8,12-13H,4-6,9-11H2,1-3H3,(H,19,20)/t13-,17-/m1/s1. The number of methoxy groups -OCH3 is 1. The van der Waals surface area contributed by atoms with Gasteiger partial charge in [0.05, 0.1) is 18.5 Å². The van der Waals surface area contributed by atoms with Crippen molar-refractivity contribution in [1.82, 2.24) is 4.98 Å². The van der Waals surface area contributed by atoms with Gasteiger partial charge in [-0.3, -0.25) is 4.79 Å². The maximum atomic E-state index is 12.6. The summed E-state index contributed by atoms with van der Waals surface area (Å²) in [6.45, 7) is 4.86. The average Bonchev–Trinajstić information content (AvgIpc) is 2.54. The van der Waals surface area contributed by atoms with Gasteiger partial charge in [-0.2, -0.15) is 0 Å². The maximum Gasteiger partial charge on any atom is 0.256 e. The highest BCUT2D eigenvalue weighted by atomic mass is 16.5. The molecule has 1 N–H and O–H groups in total. The van der Waals surface area contributed by atoms with Gasteiger partial charge in [0, 0.05) is 13.2 Å². The van der Waals surface area contributed by atoms with Gasteiger partial charge < -0.3 is 14.8 Å². The molecule has 0 radical (unpaired) electrons. The SMILES string of the molecule is CCCOc1ccc(NC(=O)[C@@]2(OC)CCC[C@@H](C)C2)cn1. The Hall–Kier alpha value is -1.62. The van der Waals surface area contributed by atoms with Gasteiger partial charge in [0.25, 0.3) is 5.91 Å². The van der Waals surface area contributed by atoms with Gasteiger partial charge in [0.1, 0.15) is 5.60 Å². The molecule has 5 heteroatoms. The summed E-state index contributed by atoms with van der Waals surface area (Å²) < 4.78 is 11.0. The first-order valence-electron chi connectivity index (χ1n) is 8.05. The zero-order valence-electron chi connectivity index (χ0n) is 13.7. The molecule has 1 saturated carbocycles. The number of carbonyl (C=O) groups excluding carboxylic acids is 1. The number of nitrogens with zero attached hydrogens (tertiary/aromatic N) is 1.